The minimum Gasteiger partial charge on any atom is -0.466 e. The Bertz CT molecular complexity index is 217. The van der Waals surface area contributed by atoms with Gasteiger partial charge >= 0.3 is 13.6 Å². The van der Waals surface area contributed by atoms with Crippen molar-refractivity contribution in [2.24, 2.45) is 0 Å². The van der Waals surface area contributed by atoms with E-state index in [1.807, 2.05) is 0 Å². The van der Waals surface area contributed by atoms with Crippen molar-refractivity contribution in [1.29, 1.82) is 0 Å². The van der Waals surface area contributed by atoms with Crippen LogP contribution in [-0.2, 0) is 23.1 Å². The first-order valence-electron chi connectivity index (χ1n) is 4.20. The fourth-order valence-electron chi connectivity index (χ4n) is 0.959. The van der Waals surface area contributed by atoms with Crippen molar-refractivity contribution in [2.75, 3.05) is 26.0 Å². The lowest BCUT2D eigenvalue weighted by Gasteiger charge is -2.21. The van der Waals surface area contributed by atoms with Gasteiger partial charge in [-0.2, -0.15) is 0 Å². The maximum Gasteiger partial charge on any atom is 0.341 e. The van der Waals surface area contributed by atoms with Crippen LogP contribution in [0, 0.1) is 0 Å². The largest absolute Gasteiger partial charge is 0.466 e. The van der Waals surface area contributed by atoms with Gasteiger partial charge in [-0.1, -0.05) is 0 Å². The summed E-state index contributed by atoms with van der Waals surface area (Å²) in [7, 11) is -3.17. The van der Waals surface area contributed by atoms with Crippen molar-refractivity contribution in [3.05, 3.63) is 0 Å². The molecule has 0 atom stereocenters. The molecule has 0 aromatic heterocycles. The second kappa shape index (κ2) is 4.74. The molecule has 1 heterocycles. The molecule has 0 radical (unpaired) electrons. The Balaban J connectivity index is 2.41. The first-order chi connectivity index (χ1) is 6.16. The minimum atomic E-state index is -3.17. The van der Waals surface area contributed by atoms with Gasteiger partial charge in [0, 0.05) is 0 Å². The van der Waals surface area contributed by atoms with Gasteiger partial charge in [0.15, 0.2) is 0 Å². The Labute approximate surface area is 76.9 Å². The molecule has 0 N–H and O–H groups in total. The van der Waals surface area contributed by atoms with Crippen molar-refractivity contribution in [3.8, 4) is 0 Å². The van der Waals surface area contributed by atoms with Crippen LogP contribution >= 0.6 is 7.60 Å². The molecule has 1 rings (SSSR count). The van der Waals surface area contributed by atoms with Crippen molar-refractivity contribution in [3.63, 3.8) is 0 Å². The van der Waals surface area contributed by atoms with Gasteiger partial charge in [0.2, 0.25) is 0 Å². The molecule has 13 heavy (non-hydrogen) atoms. The summed E-state index contributed by atoms with van der Waals surface area (Å²) in [4.78, 5) is 11.0. The lowest BCUT2D eigenvalue weighted by atomic mass is 10.5. The van der Waals surface area contributed by atoms with Crippen molar-refractivity contribution in [1.82, 2.24) is 0 Å². The number of ether oxygens (including phenoxy) is 1. The average molecular weight is 208 g/mol. The van der Waals surface area contributed by atoms with Gasteiger partial charge < -0.3 is 13.8 Å². The van der Waals surface area contributed by atoms with Gasteiger partial charge in [0.05, 0.1) is 19.8 Å². The van der Waals surface area contributed by atoms with E-state index in [2.05, 4.69) is 4.74 Å². The van der Waals surface area contributed by atoms with Crippen LogP contribution in [0.25, 0.3) is 0 Å². The highest BCUT2D eigenvalue weighted by atomic mass is 31.2. The number of rotatable bonds is 3. The third kappa shape index (κ3) is 3.46. The van der Waals surface area contributed by atoms with Gasteiger partial charge in [0.25, 0.3) is 0 Å². The maximum absolute atomic E-state index is 11.6. The Kier molecular flexibility index (Phi) is 3.90. The van der Waals surface area contributed by atoms with Crippen LogP contribution in [0.3, 0.4) is 0 Å². The highest BCUT2D eigenvalue weighted by molar-refractivity contribution is 7.54. The van der Waals surface area contributed by atoms with E-state index in [1.165, 1.54) is 0 Å². The summed E-state index contributed by atoms with van der Waals surface area (Å²) < 4.78 is 26.0. The number of esters is 1. The van der Waals surface area contributed by atoms with E-state index < -0.39 is 13.6 Å². The predicted molar refractivity (Wildman–Crippen MR) is 45.6 cm³/mol. The van der Waals surface area contributed by atoms with E-state index in [4.69, 9.17) is 9.05 Å². The van der Waals surface area contributed by atoms with E-state index in [9.17, 15) is 9.36 Å². The van der Waals surface area contributed by atoms with E-state index >= 15 is 0 Å². The molecule has 0 unspecified atom stereocenters. The molecular weight excluding hydrogens is 195 g/mol. The standard InChI is InChI=1S/C7H13O5P/c1-2-10-7(8)6-13(9)11-4-3-5-12-13/h2-6H2,1H3. The van der Waals surface area contributed by atoms with Gasteiger partial charge in [-0.15, -0.1) is 0 Å². The molecule has 1 fully saturated rings. The zero-order valence-corrected chi connectivity index (χ0v) is 8.42. The normalized spacial score (nSPS) is 21.0. The molecule has 5 nitrogen and oxygen atoms in total. The zero-order valence-electron chi connectivity index (χ0n) is 7.52. The molecule has 1 aliphatic rings. The third-order valence-corrected chi connectivity index (χ3v) is 3.29. The van der Waals surface area contributed by atoms with Crippen molar-refractivity contribution >= 4 is 13.6 Å². The smallest absolute Gasteiger partial charge is 0.341 e. The van der Waals surface area contributed by atoms with E-state index in [-0.39, 0.29) is 12.8 Å². The van der Waals surface area contributed by atoms with Crippen LogP contribution in [0.15, 0.2) is 0 Å². The fraction of sp³-hybridized carbons (Fsp3) is 0.857. The number of carbonyl (C=O) groups is 1. The molecule has 1 aliphatic heterocycles. The van der Waals surface area contributed by atoms with Gasteiger partial charge in [-0.3, -0.25) is 9.36 Å². The Morgan fingerprint density at radius 1 is 1.46 bits per heavy atom. The summed E-state index contributed by atoms with van der Waals surface area (Å²) in [5.41, 5.74) is 0. The number of hydrogen-bond donors (Lipinski definition) is 0. The van der Waals surface area contributed by atoms with Gasteiger partial charge in [0.1, 0.15) is 6.16 Å². The van der Waals surface area contributed by atoms with Gasteiger partial charge in [-0.25, -0.2) is 0 Å². The van der Waals surface area contributed by atoms with Crippen LogP contribution in [-0.4, -0.2) is 32.0 Å². The molecule has 0 amide bonds. The van der Waals surface area contributed by atoms with Crippen LogP contribution < -0.4 is 0 Å². The minimum absolute atomic E-state index is 0.277. The molecule has 0 aromatic rings. The topological polar surface area (TPSA) is 61.8 Å². The molecule has 0 saturated carbocycles. The first-order valence-corrected chi connectivity index (χ1v) is 5.93. The van der Waals surface area contributed by atoms with Gasteiger partial charge in [-0.05, 0) is 13.3 Å². The molecule has 76 valence electrons. The van der Waals surface area contributed by atoms with Crippen LogP contribution in [0.2, 0.25) is 0 Å². The Morgan fingerprint density at radius 3 is 2.62 bits per heavy atom. The second-order valence-corrected chi connectivity index (χ2v) is 4.65. The molecule has 0 aromatic carbocycles. The second-order valence-electron chi connectivity index (χ2n) is 2.59. The lowest BCUT2D eigenvalue weighted by Crippen LogP contribution is -2.17. The maximum atomic E-state index is 11.6. The number of hydrogen-bond acceptors (Lipinski definition) is 5. The van der Waals surface area contributed by atoms with E-state index in [1.54, 1.807) is 6.92 Å². The average Bonchev–Trinajstić information content (AvgIpc) is 2.04. The van der Waals surface area contributed by atoms with Crippen molar-refractivity contribution in [2.45, 2.75) is 13.3 Å². The lowest BCUT2D eigenvalue weighted by molar-refractivity contribution is -0.140. The molecule has 1 saturated heterocycles. The molecule has 6 heteroatoms. The molecular formula is C7H13O5P. The SMILES string of the molecule is CCOC(=O)CP1(=O)OCCCO1. The van der Waals surface area contributed by atoms with E-state index in [0.29, 0.717) is 19.6 Å². The molecule has 0 spiro atoms. The summed E-state index contributed by atoms with van der Waals surface area (Å²) in [6, 6.07) is 0. The summed E-state index contributed by atoms with van der Waals surface area (Å²) >= 11 is 0. The van der Waals surface area contributed by atoms with Crippen molar-refractivity contribution < 1.29 is 23.1 Å². The Morgan fingerprint density at radius 2 is 2.08 bits per heavy atom. The summed E-state index contributed by atoms with van der Waals surface area (Å²) in [6.45, 7) is 2.74. The first kappa shape index (κ1) is 10.7. The molecule has 0 bridgehead atoms. The predicted octanol–water partition coefficient (Wildman–Crippen LogP) is 1.18. The summed E-state index contributed by atoms with van der Waals surface area (Å²) in [5.74, 6) is -0.535. The monoisotopic (exact) mass is 208 g/mol. The quantitative estimate of drug-likeness (QED) is 0.514. The van der Waals surface area contributed by atoms with Crippen LogP contribution in [0.4, 0.5) is 0 Å². The fourth-order valence-corrected chi connectivity index (χ4v) is 2.44. The summed E-state index contributed by atoms with van der Waals surface area (Å²) in [5, 5.41) is 0. The van der Waals surface area contributed by atoms with Crippen LogP contribution in [0.1, 0.15) is 13.3 Å². The third-order valence-electron chi connectivity index (χ3n) is 1.49. The summed E-state index contributed by atoms with van der Waals surface area (Å²) in [6.07, 6.45) is 0.438. The zero-order chi connectivity index (χ0) is 9.73. The highest BCUT2D eigenvalue weighted by Gasteiger charge is 2.31. The highest BCUT2D eigenvalue weighted by Crippen LogP contribution is 2.50. The van der Waals surface area contributed by atoms with E-state index in [0.717, 1.165) is 0 Å². The molecule has 0 aliphatic carbocycles. The van der Waals surface area contributed by atoms with Crippen LogP contribution in [0.5, 0.6) is 0 Å². The number of carbonyl (C=O) groups excluding carboxylic acids is 1. The Hall–Kier alpha value is -0.380.